The van der Waals surface area contributed by atoms with Crippen LogP contribution >= 0.6 is 7.75 Å². The molecule has 1 saturated heterocycles. The summed E-state index contributed by atoms with van der Waals surface area (Å²) in [6, 6.07) is 10.0. The van der Waals surface area contributed by atoms with Crippen LogP contribution in [-0.4, -0.2) is 70.5 Å². The molecule has 0 spiro atoms. The molecule has 1 aliphatic rings. The SMILES string of the molecule is CC(C)OC(=O)C(C)NP(=O)(OC[C@H]1OC(OC(=O)c2cccnc2)[C@H](O)[C@@H]1O)Oc1ccccc1. The van der Waals surface area contributed by atoms with Gasteiger partial charge in [0.2, 0.25) is 6.29 Å². The van der Waals surface area contributed by atoms with E-state index in [2.05, 4.69) is 10.1 Å². The van der Waals surface area contributed by atoms with Crippen LogP contribution in [0.4, 0.5) is 0 Å². The number of nitrogens with zero attached hydrogens (tertiary/aromatic N) is 1. The van der Waals surface area contributed by atoms with Gasteiger partial charge < -0.3 is 28.9 Å². The molecule has 1 aliphatic heterocycles. The van der Waals surface area contributed by atoms with Crippen molar-refractivity contribution < 1.29 is 47.6 Å². The van der Waals surface area contributed by atoms with E-state index in [1.807, 2.05) is 0 Å². The first-order valence-electron chi connectivity index (χ1n) is 11.2. The van der Waals surface area contributed by atoms with Crippen molar-refractivity contribution in [3.8, 4) is 5.75 Å². The first-order chi connectivity index (χ1) is 17.1. The molecule has 36 heavy (non-hydrogen) atoms. The summed E-state index contributed by atoms with van der Waals surface area (Å²) in [4.78, 5) is 28.3. The summed E-state index contributed by atoms with van der Waals surface area (Å²) >= 11 is 0. The lowest BCUT2D eigenvalue weighted by molar-refractivity contribution is -0.149. The molecule has 1 aromatic heterocycles. The Bertz CT molecular complexity index is 1060. The Morgan fingerprint density at radius 3 is 2.47 bits per heavy atom. The second-order valence-corrected chi connectivity index (χ2v) is 9.90. The summed E-state index contributed by atoms with van der Waals surface area (Å²) in [6.07, 6.45) is -3.53. The number of aliphatic hydroxyl groups excluding tert-OH is 2. The number of benzene rings is 1. The summed E-state index contributed by atoms with van der Waals surface area (Å²) in [7, 11) is -4.23. The topological polar surface area (TPSA) is 163 Å². The minimum absolute atomic E-state index is 0.120. The molecule has 3 unspecified atom stereocenters. The van der Waals surface area contributed by atoms with Crippen LogP contribution in [-0.2, 0) is 28.1 Å². The molecule has 0 bridgehead atoms. The zero-order valence-corrected chi connectivity index (χ0v) is 20.8. The number of carbonyl (C=O) groups is 2. The molecule has 0 amide bonds. The third kappa shape index (κ3) is 7.57. The Morgan fingerprint density at radius 2 is 1.83 bits per heavy atom. The Balaban J connectivity index is 1.67. The molecule has 196 valence electrons. The molecular formula is C23H29N2O10P. The fourth-order valence-corrected chi connectivity index (χ4v) is 4.61. The minimum Gasteiger partial charge on any atom is -0.462 e. The molecule has 0 saturated carbocycles. The van der Waals surface area contributed by atoms with Crippen molar-refractivity contribution >= 4 is 19.7 Å². The average molecular weight is 524 g/mol. The Labute approximate surface area is 208 Å². The third-order valence-corrected chi connectivity index (χ3v) is 6.52. The van der Waals surface area contributed by atoms with Crippen LogP contribution in [0, 0.1) is 0 Å². The lowest BCUT2D eigenvalue weighted by Crippen LogP contribution is -2.38. The molecule has 2 aromatic rings. The number of nitrogens with one attached hydrogen (secondary N) is 1. The first kappa shape index (κ1) is 27.7. The number of rotatable bonds is 11. The van der Waals surface area contributed by atoms with Crippen molar-refractivity contribution in [2.75, 3.05) is 6.61 Å². The maximum Gasteiger partial charge on any atom is 0.459 e. The van der Waals surface area contributed by atoms with E-state index < -0.39 is 63.0 Å². The average Bonchev–Trinajstić information content (AvgIpc) is 3.11. The van der Waals surface area contributed by atoms with Gasteiger partial charge in [0.15, 0.2) is 0 Å². The molecule has 3 N–H and O–H groups in total. The Hall–Kier alpha value is -2.86. The fraction of sp³-hybridized carbons (Fsp3) is 0.435. The quantitative estimate of drug-likeness (QED) is 0.289. The Morgan fingerprint density at radius 1 is 1.11 bits per heavy atom. The maximum absolute atomic E-state index is 13.5. The van der Waals surface area contributed by atoms with E-state index >= 15 is 0 Å². The number of pyridine rings is 1. The molecule has 1 aromatic carbocycles. The highest BCUT2D eigenvalue weighted by Gasteiger charge is 2.46. The van der Waals surface area contributed by atoms with Gasteiger partial charge in [0, 0.05) is 12.4 Å². The monoisotopic (exact) mass is 524 g/mol. The summed E-state index contributed by atoms with van der Waals surface area (Å²) in [6.45, 7) is 4.22. The number of hydrogen-bond donors (Lipinski definition) is 3. The van der Waals surface area contributed by atoms with Crippen molar-refractivity contribution in [1.82, 2.24) is 10.1 Å². The molecule has 2 heterocycles. The van der Waals surface area contributed by atoms with Crippen LogP contribution in [0.2, 0.25) is 0 Å². The van der Waals surface area contributed by atoms with Gasteiger partial charge in [-0.2, -0.15) is 5.09 Å². The smallest absolute Gasteiger partial charge is 0.459 e. The summed E-state index contributed by atoms with van der Waals surface area (Å²) < 4.78 is 40.2. The van der Waals surface area contributed by atoms with Crippen LogP contribution in [0.1, 0.15) is 31.1 Å². The molecule has 0 aliphatic carbocycles. The second-order valence-electron chi connectivity index (χ2n) is 8.21. The van der Waals surface area contributed by atoms with Crippen LogP contribution in [0.15, 0.2) is 54.9 Å². The molecular weight excluding hydrogens is 495 g/mol. The van der Waals surface area contributed by atoms with Gasteiger partial charge >= 0.3 is 19.7 Å². The molecule has 13 heteroatoms. The van der Waals surface area contributed by atoms with Gasteiger partial charge in [-0.1, -0.05) is 18.2 Å². The van der Waals surface area contributed by atoms with E-state index in [-0.39, 0.29) is 11.3 Å². The molecule has 3 rings (SSSR count). The van der Waals surface area contributed by atoms with Gasteiger partial charge in [0.1, 0.15) is 30.1 Å². The predicted molar refractivity (Wildman–Crippen MR) is 125 cm³/mol. The molecule has 12 nitrogen and oxygen atoms in total. The van der Waals surface area contributed by atoms with Crippen molar-refractivity contribution in [3.63, 3.8) is 0 Å². The minimum atomic E-state index is -4.23. The maximum atomic E-state index is 13.5. The van der Waals surface area contributed by atoms with E-state index in [4.69, 9.17) is 23.3 Å². The first-order valence-corrected chi connectivity index (χ1v) is 12.7. The van der Waals surface area contributed by atoms with Gasteiger partial charge in [-0.3, -0.25) is 14.3 Å². The summed E-state index contributed by atoms with van der Waals surface area (Å²) in [5.74, 6) is -1.31. The second kappa shape index (κ2) is 12.4. The Kier molecular flexibility index (Phi) is 9.55. The highest BCUT2D eigenvalue weighted by atomic mass is 31.2. The number of ether oxygens (including phenoxy) is 3. The highest BCUT2D eigenvalue weighted by molar-refractivity contribution is 7.52. The molecule has 1 fully saturated rings. The largest absolute Gasteiger partial charge is 0.462 e. The van der Waals surface area contributed by atoms with Gasteiger partial charge in [0.05, 0.1) is 18.3 Å². The van der Waals surface area contributed by atoms with Crippen molar-refractivity contribution in [3.05, 3.63) is 60.4 Å². The van der Waals surface area contributed by atoms with E-state index in [1.165, 1.54) is 43.6 Å². The number of hydrogen-bond acceptors (Lipinski definition) is 11. The lowest BCUT2D eigenvalue weighted by atomic mass is 10.1. The summed E-state index contributed by atoms with van der Waals surface area (Å²) in [5, 5.41) is 23.2. The van der Waals surface area contributed by atoms with Crippen LogP contribution < -0.4 is 9.61 Å². The van der Waals surface area contributed by atoms with Crippen molar-refractivity contribution in [2.24, 2.45) is 0 Å². The van der Waals surface area contributed by atoms with Crippen LogP contribution in [0.5, 0.6) is 5.75 Å². The summed E-state index contributed by atoms with van der Waals surface area (Å²) in [5.41, 5.74) is 0.120. The van der Waals surface area contributed by atoms with Gasteiger partial charge in [-0.15, -0.1) is 0 Å². The van der Waals surface area contributed by atoms with Crippen molar-refractivity contribution in [1.29, 1.82) is 0 Å². The van der Waals surface area contributed by atoms with Gasteiger partial charge in [-0.05, 0) is 45.0 Å². The fourth-order valence-electron chi connectivity index (χ4n) is 3.11. The lowest BCUT2D eigenvalue weighted by Gasteiger charge is -2.25. The van der Waals surface area contributed by atoms with E-state index in [9.17, 15) is 24.4 Å². The molecule has 0 radical (unpaired) electrons. The third-order valence-electron chi connectivity index (χ3n) is 4.87. The van der Waals surface area contributed by atoms with E-state index in [0.29, 0.717) is 0 Å². The predicted octanol–water partition coefficient (Wildman–Crippen LogP) is 1.82. The van der Waals surface area contributed by atoms with Crippen molar-refractivity contribution in [2.45, 2.75) is 57.5 Å². The zero-order valence-electron chi connectivity index (χ0n) is 19.9. The van der Waals surface area contributed by atoms with Crippen LogP contribution in [0.3, 0.4) is 0 Å². The van der Waals surface area contributed by atoms with E-state index in [0.717, 1.165) is 0 Å². The number of aromatic nitrogens is 1. The number of carbonyl (C=O) groups excluding carboxylic acids is 2. The standard InChI is InChI=1S/C23H29N2O10P/c1-14(2)32-21(28)15(3)25-36(30,35-17-9-5-4-6-10-17)31-13-18-19(26)20(27)23(33-18)34-22(29)16-8-7-11-24-12-16/h4-12,14-15,18-20,23,26-27H,13H2,1-3H3,(H,25,30)/t15?,18-,19-,20-,23?,36?/m1/s1. The number of esters is 2. The highest BCUT2D eigenvalue weighted by Crippen LogP contribution is 2.45. The molecule has 6 atom stereocenters. The normalized spacial score (nSPS) is 24.1. The zero-order chi connectivity index (χ0) is 26.3. The van der Waals surface area contributed by atoms with Crippen LogP contribution in [0.25, 0.3) is 0 Å². The number of aliphatic hydroxyl groups is 2. The van der Waals surface area contributed by atoms with E-state index in [1.54, 1.807) is 32.0 Å². The number of para-hydroxylation sites is 1. The van der Waals surface area contributed by atoms with Gasteiger partial charge in [0.25, 0.3) is 0 Å². The van der Waals surface area contributed by atoms with Gasteiger partial charge in [-0.25, -0.2) is 9.36 Å².